The van der Waals surface area contributed by atoms with E-state index in [1.54, 1.807) is 13.8 Å². The van der Waals surface area contributed by atoms with Crippen molar-refractivity contribution in [2.24, 2.45) is 0 Å². The summed E-state index contributed by atoms with van der Waals surface area (Å²) in [6.07, 6.45) is 1.24. The van der Waals surface area contributed by atoms with Crippen LogP contribution in [-0.4, -0.2) is 36.8 Å². The molecule has 2 N–H and O–H groups in total. The summed E-state index contributed by atoms with van der Waals surface area (Å²) in [7, 11) is -8.69. The Hall–Kier alpha value is -0.360. The molecule has 0 aliphatic carbocycles. The fourth-order valence-electron chi connectivity index (χ4n) is 1.91. The summed E-state index contributed by atoms with van der Waals surface area (Å²) in [6, 6.07) is 5.54. The second-order valence-electron chi connectivity index (χ2n) is 5.17. The minimum Gasteiger partial charge on any atom is -0.472 e. The summed E-state index contributed by atoms with van der Waals surface area (Å²) in [6.45, 7) is 3.50. The molecule has 1 aromatic carbocycles. The van der Waals surface area contributed by atoms with Crippen LogP contribution in [0.3, 0.4) is 0 Å². The van der Waals surface area contributed by atoms with Crippen molar-refractivity contribution in [3.05, 3.63) is 24.3 Å². The summed E-state index contributed by atoms with van der Waals surface area (Å²) < 4.78 is 73.6. The normalized spacial score (nSPS) is 14.2. The Morgan fingerprint density at radius 2 is 1.08 bits per heavy atom. The zero-order chi connectivity index (χ0) is 18.4. The number of hydrogen-bond acceptors (Lipinski definition) is 6. The van der Waals surface area contributed by atoms with Gasteiger partial charge in [0.25, 0.3) is 0 Å². The van der Waals surface area contributed by atoms with Crippen LogP contribution < -0.4 is 39.0 Å². The van der Waals surface area contributed by atoms with Gasteiger partial charge in [-0.3, -0.25) is 9.11 Å². The predicted octanol–water partition coefficient (Wildman–Crippen LogP) is -0.524. The maximum atomic E-state index is 11.2. The molecule has 0 saturated heterocycles. The van der Waals surface area contributed by atoms with Gasteiger partial charge in [0.15, 0.2) is 0 Å². The topological polar surface area (TPSA) is 127 Å². The van der Waals surface area contributed by atoms with E-state index < -0.39 is 31.1 Å². The Labute approximate surface area is 170 Å². The molecule has 0 heterocycles. The number of ether oxygens (including phenoxy) is 2. The Bertz CT molecular complexity index is 653. The van der Waals surface area contributed by atoms with Crippen molar-refractivity contribution in [1.29, 1.82) is 0 Å². The van der Waals surface area contributed by atoms with Gasteiger partial charge in [0, 0.05) is 12.8 Å². The first-order valence-electron chi connectivity index (χ1n) is 7.43. The third kappa shape index (κ3) is 8.72. The van der Waals surface area contributed by atoms with Crippen LogP contribution in [0.15, 0.2) is 24.3 Å². The molecule has 0 saturated carbocycles. The molecule has 11 heteroatoms. The molecule has 0 aliphatic rings. The molecule has 0 bridgehead atoms. The molecule has 0 aliphatic heterocycles. The van der Waals surface area contributed by atoms with Crippen molar-refractivity contribution in [3.63, 3.8) is 0 Å². The van der Waals surface area contributed by atoms with Crippen molar-refractivity contribution in [2.45, 2.75) is 50.4 Å². The van der Waals surface area contributed by atoms with Crippen molar-refractivity contribution in [2.75, 3.05) is 0 Å². The van der Waals surface area contributed by atoms with E-state index in [0.29, 0.717) is 12.8 Å². The molecule has 1 rings (SSSR count). The quantitative estimate of drug-likeness (QED) is 0.393. The summed E-state index contributed by atoms with van der Waals surface area (Å²) in [5.74, 6) is 0.356. The van der Waals surface area contributed by atoms with Crippen molar-refractivity contribution in [3.8, 4) is 11.5 Å². The number of benzene rings is 1. The molecule has 8 nitrogen and oxygen atoms in total. The largest absolute Gasteiger partial charge is 1.00 e. The van der Waals surface area contributed by atoms with E-state index in [1.807, 2.05) is 0 Å². The van der Waals surface area contributed by atoms with Crippen LogP contribution in [0.2, 0.25) is 0 Å². The summed E-state index contributed by atoms with van der Waals surface area (Å²) in [4.78, 5) is 0. The number of rotatable bonds is 10. The molecule has 0 radical (unpaired) electrons. The van der Waals surface area contributed by atoms with Gasteiger partial charge in [-0.1, -0.05) is 26.7 Å². The van der Waals surface area contributed by atoms with Gasteiger partial charge in [-0.05, 0) is 24.3 Å². The summed E-state index contributed by atoms with van der Waals surface area (Å²) >= 11 is 0. The van der Waals surface area contributed by atoms with E-state index in [2.05, 4.69) is 0 Å². The first-order chi connectivity index (χ1) is 11.1. The van der Waals surface area contributed by atoms with E-state index in [1.165, 1.54) is 24.3 Å². The summed E-state index contributed by atoms with van der Waals surface area (Å²) in [5.41, 5.74) is -2.75. The molecule has 1 aromatic rings. The molecule has 0 amide bonds. The van der Waals surface area contributed by atoms with Crippen LogP contribution in [0.25, 0.3) is 0 Å². The molecular weight excluding hydrogens is 383 g/mol. The average Bonchev–Trinajstić information content (AvgIpc) is 2.46. The van der Waals surface area contributed by atoms with Crippen LogP contribution in [0, 0.1) is 0 Å². The van der Waals surface area contributed by atoms with Gasteiger partial charge in [-0.15, -0.1) is 0 Å². The van der Waals surface area contributed by atoms with E-state index in [0.717, 1.165) is 0 Å². The second kappa shape index (κ2) is 10.7. The smallest absolute Gasteiger partial charge is 0.472 e. The summed E-state index contributed by atoms with van der Waals surface area (Å²) in [5, 5.41) is 0. The minimum absolute atomic E-state index is 0. The van der Waals surface area contributed by atoms with Crippen LogP contribution in [0.4, 0.5) is 0 Å². The fourth-order valence-corrected chi connectivity index (χ4v) is 3.44. The van der Waals surface area contributed by atoms with E-state index in [4.69, 9.17) is 18.6 Å². The molecule has 0 fully saturated rings. The third-order valence-electron chi connectivity index (χ3n) is 3.07. The van der Waals surface area contributed by atoms with E-state index in [9.17, 15) is 16.8 Å². The Kier molecular flexibility index (Phi) is 10.6. The fraction of sp³-hybridized carbons (Fsp3) is 0.571. The van der Waals surface area contributed by atoms with Gasteiger partial charge in [0.1, 0.15) is 11.5 Å². The van der Waals surface area contributed by atoms with Gasteiger partial charge in [-0.2, -0.15) is 16.8 Å². The molecule has 2 atom stereocenters. The Morgan fingerprint density at radius 1 is 0.800 bits per heavy atom. The molecular formula is C14H22NaO8S2+. The molecule has 2 unspecified atom stereocenters. The van der Waals surface area contributed by atoms with Crippen molar-refractivity contribution < 1.29 is 65.0 Å². The van der Waals surface area contributed by atoms with Gasteiger partial charge < -0.3 is 9.47 Å². The zero-order valence-corrected chi connectivity index (χ0v) is 18.1. The predicted molar refractivity (Wildman–Crippen MR) is 88.2 cm³/mol. The van der Waals surface area contributed by atoms with E-state index in [-0.39, 0.29) is 53.9 Å². The Morgan fingerprint density at radius 3 is 1.28 bits per heavy atom. The standard InChI is InChI=1S/C14H22O8S2.Na/c1-3-5-13(23(15,16)17)21-11-7-9-12(10-8-11)22-14(6-4-2)24(18,19)20;/h7-10,13-14H,3-6H2,1-2H3,(H,15,16,17)(H,18,19,20);/q;+1. The minimum atomic E-state index is -4.35. The molecule has 138 valence electrons. The SMILES string of the molecule is CCCC(Oc1ccc(OC(CCC)S(=O)(=O)O)cc1)S(=O)(=O)O.[Na+]. The molecule has 0 spiro atoms. The van der Waals surface area contributed by atoms with Gasteiger partial charge in [-0.25, -0.2) is 0 Å². The molecule has 25 heavy (non-hydrogen) atoms. The first-order valence-corrected chi connectivity index (χ1v) is 10.4. The maximum Gasteiger partial charge on any atom is 1.00 e. The zero-order valence-electron chi connectivity index (χ0n) is 14.5. The van der Waals surface area contributed by atoms with Crippen molar-refractivity contribution in [1.82, 2.24) is 0 Å². The Balaban J connectivity index is 0.00000576. The first kappa shape index (κ1) is 24.6. The third-order valence-corrected chi connectivity index (χ3v) is 5.06. The maximum absolute atomic E-state index is 11.2. The van der Waals surface area contributed by atoms with Gasteiger partial charge in [0.05, 0.1) is 0 Å². The second-order valence-corrected chi connectivity index (χ2v) is 8.28. The van der Waals surface area contributed by atoms with Crippen molar-refractivity contribution >= 4 is 20.2 Å². The van der Waals surface area contributed by atoms with Crippen LogP contribution in [-0.2, 0) is 20.2 Å². The number of hydrogen-bond donors (Lipinski definition) is 2. The van der Waals surface area contributed by atoms with Crippen LogP contribution >= 0.6 is 0 Å². The van der Waals surface area contributed by atoms with E-state index >= 15 is 0 Å². The monoisotopic (exact) mass is 405 g/mol. The van der Waals surface area contributed by atoms with Crippen LogP contribution in [0.5, 0.6) is 11.5 Å². The average molecular weight is 405 g/mol. The van der Waals surface area contributed by atoms with Gasteiger partial charge in [0.2, 0.25) is 10.9 Å². The van der Waals surface area contributed by atoms with Crippen LogP contribution in [0.1, 0.15) is 39.5 Å². The van der Waals surface area contributed by atoms with Gasteiger partial charge >= 0.3 is 49.8 Å². The molecule has 0 aromatic heterocycles.